The van der Waals surface area contributed by atoms with Crippen molar-refractivity contribution in [2.24, 2.45) is 5.73 Å². The number of rotatable bonds is 1. The van der Waals surface area contributed by atoms with Gasteiger partial charge in [-0.05, 0) is 6.42 Å². The molecule has 0 bridgehead atoms. The number of oxazole rings is 1. The third kappa shape index (κ3) is 1.05. The minimum atomic E-state index is 0.108. The van der Waals surface area contributed by atoms with E-state index in [9.17, 15) is 0 Å². The molecule has 0 spiro atoms. The topological polar surface area (TPSA) is 52.0 Å². The lowest BCUT2D eigenvalue weighted by Crippen LogP contribution is -2.06. The van der Waals surface area contributed by atoms with Crippen molar-refractivity contribution >= 4 is 0 Å². The Morgan fingerprint density at radius 2 is 2.33 bits per heavy atom. The molecule has 12 heavy (non-hydrogen) atoms. The molecule has 1 unspecified atom stereocenters. The van der Waals surface area contributed by atoms with E-state index in [0.29, 0.717) is 5.92 Å². The molecule has 2 rings (SSSR count). The summed E-state index contributed by atoms with van der Waals surface area (Å²) in [6, 6.07) is 0.108. The molecule has 0 aromatic carbocycles. The van der Waals surface area contributed by atoms with E-state index in [4.69, 9.17) is 10.2 Å². The Morgan fingerprint density at radius 1 is 1.58 bits per heavy atom. The van der Waals surface area contributed by atoms with Gasteiger partial charge in [-0.1, -0.05) is 13.8 Å². The van der Waals surface area contributed by atoms with Crippen molar-refractivity contribution in [3.05, 3.63) is 17.3 Å². The number of hydrogen-bond acceptors (Lipinski definition) is 3. The van der Waals surface area contributed by atoms with E-state index in [0.717, 1.165) is 30.2 Å². The molecule has 2 N–H and O–H groups in total. The maximum Gasteiger partial charge on any atom is 0.197 e. The Kier molecular flexibility index (Phi) is 1.68. The van der Waals surface area contributed by atoms with Crippen LogP contribution >= 0.6 is 0 Å². The van der Waals surface area contributed by atoms with Gasteiger partial charge in [0.1, 0.15) is 5.76 Å². The van der Waals surface area contributed by atoms with Gasteiger partial charge in [-0.15, -0.1) is 0 Å². The van der Waals surface area contributed by atoms with E-state index in [-0.39, 0.29) is 6.04 Å². The summed E-state index contributed by atoms with van der Waals surface area (Å²) in [7, 11) is 0. The number of nitrogens with zero attached hydrogens (tertiary/aromatic N) is 1. The van der Waals surface area contributed by atoms with Crippen LogP contribution in [0.3, 0.4) is 0 Å². The van der Waals surface area contributed by atoms with Gasteiger partial charge in [0.05, 0.1) is 11.7 Å². The Morgan fingerprint density at radius 3 is 2.92 bits per heavy atom. The highest BCUT2D eigenvalue weighted by atomic mass is 16.4. The van der Waals surface area contributed by atoms with Crippen LogP contribution in [-0.4, -0.2) is 4.98 Å². The van der Waals surface area contributed by atoms with Gasteiger partial charge in [-0.3, -0.25) is 0 Å². The first-order chi connectivity index (χ1) is 5.68. The molecule has 0 aliphatic heterocycles. The van der Waals surface area contributed by atoms with Gasteiger partial charge in [-0.2, -0.15) is 0 Å². The molecule has 3 heteroatoms. The quantitative estimate of drug-likeness (QED) is 0.691. The Labute approximate surface area is 72.0 Å². The van der Waals surface area contributed by atoms with E-state index in [1.807, 2.05) is 0 Å². The highest BCUT2D eigenvalue weighted by Gasteiger charge is 2.26. The number of aromatic nitrogens is 1. The molecule has 0 saturated heterocycles. The Balaban J connectivity index is 2.36. The van der Waals surface area contributed by atoms with Crippen molar-refractivity contribution in [1.29, 1.82) is 0 Å². The SMILES string of the molecule is CC(C)c1nc2c(o1)CCC2N. The molecule has 1 aromatic rings. The predicted octanol–water partition coefficient (Wildman–Crippen LogP) is 1.74. The Bertz CT molecular complexity index is 291. The maximum atomic E-state index is 5.84. The fourth-order valence-corrected chi connectivity index (χ4v) is 1.52. The van der Waals surface area contributed by atoms with Crippen LogP contribution in [0.15, 0.2) is 4.42 Å². The van der Waals surface area contributed by atoms with Crippen LogP contribution in [0.1, 0.15) is 49.6 Å². The van der Waals surface area contributed by atoms with Gasteiger partial charge in [0.15, 0.2) is 5.89 Å². The second-order valence-electron chi connectivity index (χ2n) is 3.66. The first-order valence-corrected chi connectivity index (χ1v) is 4.43. The molecule has 66 valence electrons. The molecule has 3 nitrogen and oxygen atoms in total. The summed E-state index contributed by atoms with van der Waals surface area (Å²) >= 11 is 0. The van der Waals surface area contributed by atoms with E-state index >= 15 is 0 Å². The molecular formula is C9H14N2O. The Hall–Kier alpha value is -0.830. The van der Waals surface area contributed by atoms with Crippen LogP contribution < -0.4 is 5.73 Å². The van der Waals surface area contributed by atoms with E-state index in [1.54, 1.807) is 0 Å². The first kappa shape index (κ1) is 7.80. The monoisotopic (exact) mass is 166 g/mol. The van der Waals surface area contributed by atoms with E-state index < -0.39 is 0 Å². The normalized spacial score (nSPS) is 21.8. The fraction of sp³-hybridized carbons (Fsp3) is 0.667. The van der Waals surface area contributed by atoms with Crippen LogP contribution in [0.25, 0.3) is 0 Å². The lowest BCUT2D eigenvalue weighted by atomic mass is 10.2. The maximum absolute atomic E-state index is 5.84. The van der Waals surface area contributed by atoms with Gasteiger partial charge in [0.25, 0.3) is 0 Å². The average Bonchev–Trinajstić information content (AvgIpc) is 2.53. The van der Waals surface area contributed by atoms with Crippen LogP contribution in [0, 0.1) is 0 Å². The summed E-state index contributed by atoms with van der Waals surface area (Å²) in [6.45, 7) is 4.15. The lowest BCUT2D eigenvalue weighted by Gasteiger charge is -1.99. The van der Waals surface area contributed by atoms with Crippen LogP contribution in [-0.2, 0) is 6.42 Å². The largest absolute Gasteiger partial charge is 0.445 e. The van der Waals surface area contributed by atoms with E-state index in [2.05, 4.69) is 18.8 Å². The van der Waals surface area contributed by atoms with Crippen LogP contribution in [0.4, 0.5) is 0 Å². The average molecular weight is 166 g/mol. The zero-order valence-corrected chi connectivity index (χ0v) is 7.50. The minimum Gasteiger partial charge on any atom is -0.445 e. The summed E-state index contributed by atoms with van der Waals surface area (Å²) in [5, 5.41) is 0. The standard InChI is InChI=1S/C9H14N2O/c1-5(2)9-11-8-6(10)3-4-7(8)12-9/h5-6H,3-4,10H2,1-2H3. The third-order valence-corrected chi connectivity index (χ3v) is 2.27. The summed E-state index contributed by atoms with van der Waals surface area (Å²) in [4.78, 5) is 4.38. The second kappa shape index (κ2) is 2.59. The summed E-state index contributed by atoms with van der Waals surface area (Å²) in [5.74, 6) is 2.20. The van der Waals surface area contributed by atoms with Crippen molar-refractivity contribution in [3.63, 3.8) is 0 Å². The molecule has 1 aliphatic rings. The number of aryl methyl sites for hydroxylation is 1. The zero-order chi connectivity index (χ0) is 8.72. The molecule has 1 aliphatic carbocycles. The third-order valence-electron chi connectivity index (χ3n) is 2.27. The van der Waals surface area contributed by atoms with Gasteiger partial charge in [0.2, 0.25) is 0 Å². The van der Waals surface area contributed by atoms with Crippen molar-refractivity contribution in [3.8, 4) is 0 Å². The van der Waals surface area contributed by atoms with Gasteiger partial charge < -0.3 is 10.2 Å². The summed E-state index contributed by atoms with van der Waals surface area (Å²) < 4.78 is 5.57. The van der Waals surface area contributed by atoms with Crippen LogP contribution in [0.2, 0.25) is 0 Å². The van der Waals surface area contributed by atoms with E-state index in [1.165, 1.54) is 0 Å². The fourth-order valence-electron chi connectivity index (χ4n) is 1.52. The first-order valence-electron chi connectivity index (χ1n) is 4.43. The molecule has 0 radical (unpaired) electrons. The van der Waals surface area contributed by atoms with Gasteiger partial charge >= 0.3 is 0 Å². The molecular weight excluding hydrogens is 152 g/mol. The van der Waals surface area contributed by atoms with Crippen molar-refractivity contribution < 1.29 is 4.42 Å². The van der Waals surface area contributed by atoms with Crippen LogP contribution in [0.5, 0.6) is 0 Å². The van der Waals surface area contributed by atoms with Gasteiger partial charge in [0, 0.05) is 12.3 Å². The molecule has 1 aromatic heterocycles. The number of nitrogens with two attached hydrogens (primary N) is 1. The number of hydrogen-bond donors (Lipinski definition) is 1. The highest BCUT2D eigenvalue weighted by Crippen LogP contribution is 2.31. The van der Waals surface area contributed by atoms with Crippen molar-refractivity contribution in [2.45, 2.75) is 38.6 Å². The second-order valence-corrected chi connectivity index (χ2v) is 3.66. The molecule has 0 saturated carbocycles. The molecule has 1 atom stereocenters. The summed E-state index contributed by atoms with van der Waals surface area (Å²) in [5.41, 5.74) is 6.82. The van der Waals surface area contributed by atoms with Gasteiger partial charge in [-0.25, -0.2) is 4.98 Å². The minimum absolute atomic E-state index is 0.108. The number of fused-ring (bicyclic) bond motifs is 1. The summed E-state index contributed by atoms with van der Waals surface area (Å²) in [6.07, 6.45) is 1.94. The zero-order valence-electron chi connectivity index (χ0n) is 7.50. The molecule has 1 heterocycles. The highest BCUT2D eigenvalue weighted by molar-refractivity contribution is 5.20. The smallest absolute Gasteiger partial charge is 0.197 e. The van der Waals surface area contributed by atoms with Crippen molar-refractivity contribution in [2.75, 3.05) is 0 Å². The molecule has 0 amide bonds. The molecule has 0 fully saturated rings. The lowest BCUT2D eigenvalue weighted by molar-refractivity contribution is 0.435. The predicted molar refractivity (Wildman–Crippen MR) is 45.8 cm³/mol. The van der Waals surface area contributed by atoms with Crippen molar-refractivity contribution in [1.82, 2.24) is 4.98 Å².